The maximum absolute atomic E-state index is 12.1. The van der Waals surface area contributed by atoms with Crippen LogP contribution in [0.5, 0.6) is 0 Å². The number of hydrogen-bond acceptors (Lipinski definition) is 9. The number of likely N-dealkylation sites (N-methyl/N-ethyl adjacent to an activating group) is 2. The van der Waals surface area contributed by atoms with Crippen molar-refractivity contribution in [1.29, 1.82) is 0 Å². The average molecular weight is 503 g/mol. The number of hydrogen-bond donors (Lipinski definition) is 4. The highest BCUT2D eigenvalue weighted by atomic mass is 16.9. The zero-order valence-corrected chi connectivity index (χ0v) is 22.5. The van der Waals surface area contributed by atoms with E-state index in [2.05, 4.69) is 41.9 Å². The molecular weight excluding hydrogens is 452 g/mol. The predicted octanol–water partition coefficient (Wildman–Crippen LogP) is 2.77. The van der Waals surface area contributed by atoms with Crippen molar-refractivity contribution in [3.05, 3.63) is 12.2 Å². The highest BCUT2D eigenvalue weighted by Gasteiger charge is 2.19. The molecule has 0 rings (SSSR count). The van der Waals surface area contributed by atoms with Gasteiger partial charge >= 0.3 is 5.97 Å². The normalized spacial score (nSPS) is 13.5. The molecule has 0 aromatic heterocycles. The number of nitrogens with one attached hydrogen (secondary N) is 3. The van der Waals surface area contributed by atoms with Crippen LogP contribution in [0.4, 0.5) is 0 Å². The lowest BCUT2D eigenvalue weighted by Gasteiger charge is -2.26. The van der Waals surface area contributed by atoms with E-state index in [1.165, 1.54) is 19.8 Å². The van der Waals surface area contributed by atoms with Crippen LogP contribution in [0.25, 0.3) is 0 Å². The topological polar surface area (TPSA) is 121 Å². The van der Waals surface area contributed by atoms with Gasteiger partial charge < -0.3 is 25.4 Å². The first-order chi connectivity index (χ1) is 16.8. The fourth-order valence-electron chi connectivity index (χ4n) is 3.21. The van der Waals surface area contributed by atoms with Crippen LogP contribution in [0.3, 0.4) is 0 Å². The van der Waals surface area contributed by atoms with Crippen molar-refractivity contribution in [2.75, 3.05) is 47.0 Å². The Hall–Kier alpha value is -1.56. The molecule has 4 N–H and O–H groups in total. The fraction of sp³-hybridized carbons (Fsp3) is 0.840. The number of hydroxylamine groups is 2. The van der Waals surface area contributed by atoms with Gasteiger partial charge in [-0.1, -0.05) is 32.4 Å². The summed E-state index contributed by atoms with van der Waals surface area (Å²) in [7, 11) is 3.53. The SMILES string of the molecule is CNCCON(O)C(CNC)OCC[C@H](COC(=O)CCCC/C=C\CCCC(C)C)NC(C)=O. The minimum atomic E-state index is -0.721. The Bertz CT molecular complexity index is 562. The largest absolute Gasteiger partial charge is 0.463 e. The number of rotatable bonds is 23. The molecule has 0 radical (unpaired) electrons. The predicted molar refractivity (Wildman–Crippen MR) is 137 cm³/mol. The third-order valence-corrected chi connectivity index (χ3v) is 5.15. The number of carbonyl (C=O) groups excluding carboxylic acids is 2. The lowest BCUT2D eigenvalue weighted by atomic mass is 10.1. The summed E-state index contributed by atoms with van der Waals surface area (Å²) in [6.07, 6.45) is 10.8. The number of allylic oxidation sites excluding steroid dienone is 2. The molecule has 10 heteroatoms. The Morgan fingerprint density at radius 1 is 1.00 bits per heavy atom. The number of esters is 1. The van der Waals surface area contributed by atoms with Gasteiger partial charge in [0.1, 0.15) is 6.61 Å². The molecule has 0 heterocycles. The van der Waals surface area contributed by atoms with Crippen molar-refractivity contribution in [3.8, 4) is 0 Å². The Kier molecular flexibility index (Phi) is 21.9. The Morgan fingerprint density at radius 2 is 1.71 bits per heavy atom. The molecule has 1 amide bonds. The van der Waals surface area contributed by atoms with E-state index < -0.39 is 6.23 Å². The fourth-order valence-corrected chi connectivity index (χ4v) is 3.21. The van der Waals surface area contributed by atoms with Gasteiger partial charge in [-0.15, -0.1) is 0 Å². The summed E-state index contributed by atoms with van der Waals surface area (Å²) in [5, 5.41) is 19.3. The van der Waals surface area contributed by atoms with Crippen LogP contribution in [0.2, 0.25) is 0 Å². The lowest BCUT2D eigenvalue weighted by molar-refractivity contribution is -0.399. The molecule has 10 nitrogen and oxygen atoms in total. The summed E-state index contributed by atoms with van der Waals surface area (Å²) in [5.41, 5.74) is 0. The van der Waals surface area contributed by atoms with E-state index in [9.17, 15) is 14.8 Å². The van der Waals surface area contributed by atoms with Gasteiger partial charge in [-0.05, 0) is 63.8 Å². The van der Waals surface area contributed by atoms with Crippen molar-refractivity contribution in [1.82, 2.24) is 21.2 Å². The quantitative estimate of drug-likeness (QED) is 0.0549. The van der Waals surface area contributed by atoms with E-state index in [0.717, 1.165) is 31.6 Å². The number of ether oxygens (including phenoxy) is 2. The minimum absolute atomic E-state index is 0.0791. The number of carbonyl (C=O) groups is 2. The number of amides is 1. The zero-order chi connectivity index (χ0) is 26.3. The van der Waals surface area contributed by atoms with Gasteiger partial charge in [-0.2, -0.15) is 0 Å². The summed E-state index contributed by atoms with van der Waals surface area (Å²) in [4.78, 5) is 28.8. The van der Waals surface area contributed by atoms with Gasteiger partial charge in [0.25, 0.3) is 0 Å². The third-order valence-electron chi connectivity index (χ3n) is 5.15. The molecule has 2 atom stereocenters. The summed E-state index contributed by atoms with van der Waals surface area (Å²) in [5.74, 6) is 0.271. The number of nitrogens with zero attached hydrogens (tertiary/aromatic N) is 1. The van der Waals surface area contributed by atoms with E-state index in [1.807, 2.05) is 0 Å². The Morgan fingerprint density at radius 3 is 2.34 bits per heavy atom. The van der Waals surface area contributed by atoms with Gasteiger partial charge in [0.2, 0.25) is 5.91 Å². The van der Waals surface area contributed by atoms with E-state index >= 15 is 0 Å². The first-order valence-electron chi connectivity index (χ1n) is 12.9. The maximum Gasteiger partial charge on any atom is 0.305 e. The Balaban J connectivity index is 4.22. The van der Waals surface area contributed by atoms with E-state index in [-0.39, 0.29) is 37.7 Å². The molecule has 0 spiro atoms. The van der Waals surface area contributed by atoms with Crippen LogP contribution in [0.15, 0.2) is 12.2 Å². The van der Waals surface area contributed by atoms with Crippen LogP contribution in [0, 0.1) is 5.92 Å². The highest BCUT2D eigenvalue weighted by Crippen LogP contribution is 2.08. The van der Waals surface area contributed by atoms with Crippen LogP contribution >= 0.6 is 0 Å². The van der Waals surface area contributed by atoms with Gasteiger partial charge in [0, 0.05) is 26.4 Å². The smallest absolute Gasteiger partial charge is 0.305 e. The molecule has 0 aliphatic carbocycles. The molecular formula is C25H50N4O6. The first-order valence-corrected chi connectivity index (χ1v) is 12.9. The molecule has 0 fully saturated rings. The Labute approximate surface area is 212 Å². The minimum Gasteiger partial charge on any atom is -0.463 e. The molecule has 206 valence electrons. The highest BCUT2D eigenvalue weighted by molar-refractivity contribution is 5.73. The van der Waals surface area contributed by atoms with E-state index in [0.29, 0.717) is 31.2 Å². The summed E-state index contributed by atoms with van der Waals surface area (Å²) >= 11 is 0. The van der Waals surface area contributed by atoms with Gasteiger partial charge in [-0.3, -0.25) is 19.6 Å². The second kappa shape index (κ2) is 22.9. The van der Waals surface area contributed by atoms with Crippen molar-refractivity contribution in [2.24, 2.45) is 5.92 Å². The van der Waals surface area contributed by atoms with Crippen molar-refractivity contribution < 1.29 is 29.1 Å². The molecule has 0 aromatic carbocycles. The van der Waals surface area contributed by atoms with E-state index in [4.69, 9.17) is 14.3 Å². The third kappa shape index (κ3) is 21.4. The summed E-state index contributed by atoms with van der Waals surface area (Å²) in [6.45, 7) is 7.40. The second-order valence-electron chi connectivity index (χ2n) is 9.03. The van der Waals surface area contributed by atoms with Crippen molar-refractivity contribution >= 4 is 11.9 Å². The molecule has 0 aliphatic rings. The van der Waals surface area contributed by atoms with Gasteiger partial charge in [0.15, 0.2) is 6.23 Å². The zero-order valence-electron chi connectivity index (χ0n) is 22.5. The molecule has 0 aliphatic heterocycles. The van der Waals surface area contributed by atoms with Crippen molar-refractivity contribution in [3.63, 3.8) is 0 Å². The summed E-state index contributed by atoms with van der Waals surface area (Å²) < 4.78 is 11.1. The van der Waals surface area contributed by atoms with Crippen LogP contribution in [0.1, 0.15) is 72.1 Å². The van der Waals surface area contributed by atoms with Crippen LogP contribution in [-0.4, -0.2) is 81.6 Å². The van der Waals surface area contributed by atoms with Gasteiger partial charge in [-0.25, -0.2) is 0 Å². The molecule has 0 saturated carbocycles. The molecule has 0 saturated heterocycles. The first kappa shape index (κ1) is 33.4. The molecule has 35 heavy (non-hydrogen) atoms. The van der Waals surface area contributed by atoms with E-state index in [1.54, 1.807) is 14.1 Å². The number of unbranched alkanes of at least 4 members (excludes halogenated alkanes) is 3. The van der Waals surface area contributed by atoms with Gasteiger partial charge in [0.05, 0.1) is 19.3 Å². The maximum atomic E-state index is 12.1. The lowest BCUT2D eigenvalue weighted by Crippen LogP contribution is -2.44. The van der Waals surface area contributed by atoms with Crippen molar-refractivity contribution in [2.45, 2.75) is 84.4 Å². The van der Waals surface area contributed by atoms with Crippen LogP contribution < -0.4 is 16.0 Å². The molecule has 1 unspecified atom stereocenters. The standard InChI is InChI=1S/C25H50N4O6/c1-21(2)13-11-9-7-6-8-10-12-14-25(31)34-20-23(28-22(3)30)15-17-33-24(19-27-5)29(32)35-18-16-26-4/h6-7,21,23-24,26-27,32H,8-20H2,1-5H3,(H,28,30)/b7-6-/t23-,24?/m1/s1. The molecule has 0 bridgehead atoms. The summed E-state index contributed by atoms with van der Waals surface area (Å²) in [6, 6.07) is -0.377. The average Bonchev–Trinajstić information content (AvgIpc) is 2.80. The monoisotopic (exact) mass is 502 g/mol. The molecule has 0 aromatic rings. The second-order valence-corrected chi connectivity index (χ2v) is 9.03. The van der Waals surface area contributed by atoms with Crippen LogP contribution in [-0.2, 0) is 23.9 Å².